The average molecular weight is 426 g/mol. The SMILES string of the molecule is Cn1ccc(C2CCN(Cc3cccc(OCCCN4CCOCC4)c3)CC2)cc1=O. The highest BCUT2D eigenvalue weighted by atomic mass is 16.5. The van der Waals surface area contributed by atoms with Crippen molar-refractivity contribution in [1.29, 1.82) is 0 Å². The van der Waals surface area contributed by atoms with E-state index in [1.54, 1.807) is 17.7 Å². The maximum Gasteiger partial charge on any atom is 0.250 e. The highest BCUT2D eigenvalue weighted by Crippen LogP contribution is 2.28. The van der Waals surface area contributed by atoms with Gasteiger partial charge in [-0.2, -0.15) is 0 Å². The van der Waals surface area contributed by atoms with Crippen molar-refractivity contribution in [2.45, 2.75) is 31.7 Å². The molecule has 31 heavy (non-hydrogen) atoms. The zero-order valence-electron chi connectivity index (χ0n) is 18.7. The maximum atomic E-state index is 11.9. The summed E-state index contributed by atoms with van der Waals surface area (Å²) in [7, 11) is 1.80. The Kier molecular flexibility index (Phi) is 7.78. The predicted molar refractivity (Wildman–Crippen MR) is 123 cm³/mol. The van der Waals surface area contributed by atoms with Gasteiger partial charge in [0.15, 0.2) is 0 Å². The van der Waals surface area contributed by atoms with Crippen LogP contribution >= 0.6 is 0 Å². The molecular formula is C25H35N3O3. The van der Waals surface area contributed by atoms with Gasteiger partial charge >= 0.3 is 0 Å². The van der Waals surface area contributed by atoms with Crippen LogP contribution in [0.25, 0.3) is 0 Å². The Hall–Kier alpha value is -2.15. The Morgan fingerprint density at radius 1 is 1.03 bits per heavy atom. The molecular weight excluding hydrogens is 390 g/mol. The summed E-state index contributed by atoms with van der Waals surface area (Å²) in [6, 6.07) is 12.4. The summed E-state index contributed by atoms with van der Waals surface area (Å²) >= 11 is 0. The second-order valence-electron chi connectivity index (χ2n) is 8.76. The van der Waals surface area contributed by atoms with Gasteiger partial charge in [0.05, 0.1) is 19.8 Å². The molecule has 168 valence electrons. The summed E-state index contributed by atoms with van der Waals surface area (Å²) in [5.41, 5.74) is 2.58. The van der Waals surface area contributed by atoms with Gasteiger partial charge in [0.1, 0.15) is 5.75 Å². The number of hydrogen-bond acceptors (Lipinski definition) is 5. The molecule has 0 aliphatic carbocycles. The van der Waals surface area contributed by atoms with E-state index < -0.39 is 0 Å². The first-order valence-corrected chi connectivity index (χ1v) is 11.6. The molecule has 0 saturated carbocycles. The van der Waals surface area contributed by atoms with Crippen molar-refractivity contribution in [2.24, 2.45) is 7.05 Å². The molecule has 6 nitrogen and oxygen atoms in total. The minimum absolute atomic E-state index is 0.0849. The number of aromatic nitrogens is 1. The minimum atomic E-state index is 0.0849. The molecule has 0 atom stereocenters. The summed E-state index contributed by atoms with van der Waals surface area (Å²) in [4.78, 5) is 16.9. The Morgan fingerprint density at radius 2 is 1.84 bits per heavy atom. The summed E-state index contributed by atoms with van der Waals surface area (Å²) in [6.45, 7) is 8.67. The Morgan fingerprint density at radius 3 is 2.61 bits per heavy atom. The summed E-state index contributed by atoms with van der Waals surface area (Å²) in [5, 5.41) is 0. The maximum absolute atomic E-state index is 11.9. The fourth-order valence-electron chi connectivity index (χ4n) is 4.54. The summed E-state index contributed by atoms with van der Waals surface area (Å²) in [5.74, 6) is 1.46. The smallest absolute Gasteiger partial charge is 0.250 e. The number of nitrogens with zero attached hydrogens (tertiary/aromatic N) is 3. The summed E-state index contributed by atoms with van der Waals surface area (Å²) in [6.07, 6.45) is 5.13. The molecule has 3 heterocycles. The average Bonchev–Trinajstić information content (AvgIpc) is 2.80. The number of benzene rings is 1. The van der Waals surface area contributed by atoms with Crippen LogP contribution in [0.4, 0.5) is 0 Å². The van der Waals surface area contributed by atoms with E-state index in [-0.39, 0.29) is 5.56 Å². The number of ether oxygens (including phenoxy) is 2. The van der Waals surface area contributed by atoms with E-state index in [1.165, 1.54) is 11.1 Å². The number of morpholine rings is 1. The number of likely N-dealkylation sites (tertiary alicyclic amines) is 1. The number of pyridine rings is 1. The van der Waals surface area contributed by atoms with Gasteiger partial charge in [-0.1, -0.05) is 12.1 Å². The highest BCUT2D eigenvalue weighted by Gasteiger charge is 2.21. The van der Waals surface area contributed by atoms with Gasteiger partial charge < -0.3 is 14.0 Å². The van der Waals surface area contributed by atoms with Crippen LogP contribution in [0, 0.1) is 0 Å². The molecule has 2 aliphatic heterocycles. The second kappa shape index (κ2) is 10.9. The molecule has 0 radical (unpaired) electrons. The van der Waals surface area contributed by atoms with Crippen LogP contribution in [-0.4, -0.2) is 66.9 Å². The van der Waals surface area contributed by atoms with Crippen molar-refractivity contribution in [3.8, 4) is 5.75 Å². The first-order chi connectivity index (χ1) is 15.2. The lowest BCUT2D eigenvalue weighted by Crippen LogP contribution is -2.37. The quantitative estimate of drug-likeness (QED) is 0.609. The number of rotatable bonds is 8. The first kappa shape index (κ1) is 22.1. The lowest BCUT2D eigenvalue weighted by Gasteiger charge is -2.32. The van der Waals surface area contributed by atoms with E-state index in [0.29, 0.717) is 5.92 Å². The fourth-order valence-corrected chi connectivity index (χ4v) is 4.54. The molecule has 0 amide bonds. The van der Waals surface area contributed by atoms with Crippen LogP contribution in [0.5, 0.6) is 5.75 Å². The molecule has 1 aromatic carbocycles. The van der Waals surface area contributed by atoms with Crippen molar-refractivity contribution in [3.63, 3.8) is 0 Å². The fraction of sp³-hybridized carbons (Fsp3) is 0.560. The number of piperidine rings is 1. The molecule has 2 aromatic rings. The van der Waals surface area contributed by atoms with Crippen LogP contribution in [0.15, 0.2) is 47.4 Å². The van der Waals surface area contributed by atoms with Gasteiger partial charge in [-0.25, -0.2) is 0 Å². The van der Waals surface area contributed by atoms with E-state index in [0.717, 1.165) is 84.1 Å². The van der Waals surface area contributed by atoms with Crippen LogP contribution in [0.1, 0.15) is 36.3 Å². The zero-order valence-corrected chi connectivity index (χ0v) is 18.7. The molecule has 0 spiro atoms. The lowest BCUT2D eigenvalue weighted by molar-refractivity contribution is 0.0358. The predicted octanol–water partition coefficient (Wildman–Crippen LogP) is 2.87. The van der Waals surface area contributed by atoms with E-state index in [4.69, 9.17) is 9.47 Å². The molecule has 0 N–H and O–H groups in total. The number of aryl methyl sites for hydroxylation is 1. The topological polar surface area (TPSA) is 46.9 Å². The molecule has 2 aliphatic rings. The van der Waals surface area contributed by atoms with Gasteiger partial charge in [0.2, 0.25) is 0 Å². The Bertz CT molecular complexity index is 884. The standard InChI is InChI=1S/C25H35N3O3/c1-26-10-6-23(19-25(26)29)22-7-11-28(12-8-22)20-21-4-2-5-24(18-21)31-15-3-9-27-13-16-30-17-14-27/h2,4-6,10,18-19,22H,3,7-9,11-17,20H2,1H3. The third-order valence-electron chi connectivity index (χ3n) is 6.48. The molecule has 2 fully saturated rings. The van der Waals surface area contributed by atoms with E-state index >= 15 is 0 Å². The summed E-state index contributed by atoms with van der Waals surface area (Å²) < 4.78 is 13.0. The van der Waals surface area contributed by atoms with Crippen molar-refractivity contribution >= 4 is 0 Å². The van der Waals surface area contributed by atoms with E-state index in [9.17, 15) is 4.79 Å². The molecule has 0 unspecified atom stereocenters. The van der Waals surface area contributed by atoms with Crippen LogP contribution in [-0.2, 0) is 18.3 Å². The van der Waals surface area contributed by atoms with Gasteiger partial charge in [-0.05, 0) is 67.6 Å². The first-order valence-electron chi connectivity index (χ1n) is 11.6. The number of hydrogen-bond donors (Lipinski definition) is 0. The second-order valence-corrected chi connectivity index (χ2v) is 8.76. The van der Waals surface area contributed by atoms with Gasteiger partial charge in [0.25, 0.3) is 5.56 Å². The molecule has 0 bridgehead atoms. The lowest BCUT2D eigenvalue weighted by atomic mass is 9.90. The zero-order chi connectivity index (χ0) is 21.5. The third kappa shape index (κ3) is 6.42. The highest BCUT2D eigenvalue weighted by molar-refractivity contribution is 5.28. The normalized spacial score (nSPS) is 18.9. The van der Waals surface area contributed by atoms with Crippen molar-refractivity contribution in [3.05, 3.63) is 64.1 Å². The van der Waals surface area contributed by atoms with Gasteiger partial charge in [-0.15, -0.1) is 0 Å². The minimum Gasteiger partial charge on any atom is -0.494 e. The van der Waals surface area contributed by atoms with Crippen molar-refractivity contribution in [1.82, 2.24) is 14.4 Å². The molecule has 1 aromatic heterocycles. The van der Waals surface area contributed by atoms with Gasteiger partial charge in [0, 0.05) is 45.5 Å². The van der Waals surface area contributed by atoms with E-state index in [1.807, 2.05) is 6.20 Å². The Labute approximate surface area is 185 Å². The third-order valence-corrected chi connectivity index (χ3v) is 6.48. The van der Waals surface area contributed by atoms with Gasteiger partial charge in [-0.3, -0.25) is 14.6 Å². The molecule has 4 rings (SSSR count). The van der Waals surface area contributed by atoms with Crippen LogP contribution in [0.3, 0.4) is 0 Å². The van der Waals surface area contributed by atoms with Crippen LogP contribution < -0.4 is 10.3 Å². The van der Waals surface area contributed by atoms with Crippen molar-refractivity contribution < 1.29 is 9.47 Å². The monoisotopic (exact) mass is 425 g/mol. The van der Waals surface area contributed by atoms with Crippen molar-refractivity contribution in [2.75, 3.05) is 52.5 Å². The molecule has 2 saturated heterocycles. The largest absolute Gasteiger partial charge is 0.494 e. The van der Waals surface area contributed by atoms with E-state index in [2.05, 4.69) is 40.1 Å². The Balaban J connectivity index is 1.21. The van der Waals surface area contributed by atoms with Crippen LogP contribution in [0.2, 0.25) is 0 Å². The molecule has 6 heteroatoms.